The second-order valence-corrected chi connectivity index (χ2v) is 6.99. The van der Waals surface area contributed by atoms with Gasteiger partial charge in [-0.05, 0) is 62.7 Å². The van der Waals surface area contributed by atoms with Crippen molar-refractivity contribution >= 4 is 0 Å². The average Bonchev–Trinajstić information content (AvgIpc) is 2.25. The fourth-order valence-corrected chi connectivity index (χ4v) is 4.75. The zero-order valence-electron chi connectivity index (χ0n) is 11.2. The van der Waals surface area contributed by atoms with Gasteiger partial charge in [-0.15, -0.1) is 0 Å². The zero-order chi connectivity index (χ0) is 12.0. The van der Waals surface area contributed by atoms with Crippen LogP contribution in [0.2, 0.25) is 0 Å². The van der Waals surface area contributed by atoms with Crippen LogP contribution in [0.3, 0.4) is 0 Å². The van der Waals surface area contributed by atoms with Gasteiger partial charge in [0.1, 0.15) is 0 Å². The second-order valence-electron chi connectivity index (χ2n) is 6.99. The third-order valence-corrected chi connectivity index (χ3v) is 5.48. The minimum Gasteiger partial charge on any atom is -0.368 e. The Morgan fingerprint density at radius 3 is 2.00 bits per heavy atom. The maximum atomic E-state index is 10.2. The van der Waals surface area contributed by atoms with Crippen molar-refractivity contribution in [3.8, 4) is 0 Å². The highest BCUT2D eigenvalue weighted by molar-refractivity contribution is 5.03. The molecule has 4 fully saturated rings. The molecule has 1 N–H and O–H groups in total. The molecule has 98 valence electrons. The van der Waals surface area contributed by atoms with Crippen molar-refractivity contribution < 1.29 is 9.84 Å². The van der Waals surface area contributed by atoms with Crippen molar-refractivity contribution in [2.45, 2.75) is 70.7 Å². The zero-order valence-corrected chi connectivity index (χ0v) is 11.2. The molecule has 0 aromatic heterocycles. The van der Waals surface area contributed by atoms with Crippen molar-refractivity contribution in [3.63, 3.8) is 0 Å². The number of ether oxygens (including phenoxy) is 1. The van der Waals surface area contributed by atoms with E-state index in [2.05, 4.69) is 13.8 Å². The Morgan fingerprint density at radius 2 is 1.59 bits per heavy atom. The highest BCUT2D eigenvalue weighted by Crippen LogP contribution is 2.57. The van der Waals surface area contributed by atoms with E-state index in [9.17, 15) is 5.11 Å². The predicted octanol–water partition coefficient (Wildman–Crippen LogP) is 3.34. The molecule has 0 aromatic rings. The van der Waals surface area contributed by atoms with E-state index < -0.39 is 6.29 Å². The van der Waals surface area contributed by atoms with Crippen LogP contribution < -0.4 is 0 Å². The highest BCUT2D eigenvalue weighted by Gasteiger charge is 2.52. The quantitative estimate of drug-likeness (QED) is 0.761. The molecule has 0 amide bonds. The van der Waals surface area contributed by atoms with Crippen LogP contribution in [0.15, 0.2) is 0 Å². The molecular formula is C15H26O2. The van der Waals surface area contributed by atoms with E-state index in [1.807, 2.05) is 0 Å². The van der Waals surface area contributed by atoms with Crippen LogP contribution in [0.25, 0.3) is 0 Å². The van der Waals surface area contributed by atoms with Gasteiger partial charge in [0.15, 0.2) is 6.29 Å². The van der Waals surface area contributed by atoms with Gasteiger partial charge in [0.05, 0.1) is 5.60 Å². The highest BCUT2D eigenvalue weighted by atomic mass is 16.6. The Balaban J connectivity index is 1.69. The maximum Gasteiger partial charge on any atom is 0.157 e. The van der Waals surface area contributed by atoms with Gasteiger partial charge in [-0.3, -0.25) is 0 Å². The number of hydrogen-bond donors (Lipinski definition) is 1. The molecule has 4 aliphatic rings. The lowest BCUT2D eigenvalue weighted by molar-refractivity contribution is -0.254. The van der Waals surface area contributed by atoms with E-state index in [4.69, 9.17) is 4.74 Å². The minimum absolute atomic E-state index is 0.0532. The van der Waals surface area contributed by atoms with Gasteiger partial charge in [-0.2, -0.15) is 0 Å². The SMILES string of the molecule is CCC(C)C(O)OC12CC3CC(CC(C3)C1)C2. The summed E-state index contributed by atoms with van der Waals surface area (Å²) in [7, 11) is 0. The topological polar surface area (TPSA) is 29.5 Å². The Kier molecular flexibility index (Phi) is 2.99. The first-order chi connectivity index (χ1) is 8.10. The molecule has 4 aliphatic carbocycles. The largest absolute Gasteiger partial charge is 0.368 e. The summed E-state index contributed by atoms with van der Waals surface area (Å²) in [4.78, 5) is 0. The third-order valence-electron chi connectivity index (χ3n) is 5.48. The second kappa shape index (κ2) is 4.24. The summed E-state index contributed by atoms with van der Waals surface area (Å²) in [5.41, 5.74) is 0.0532. The van der Waals surface area contributed by atoms with Gasteiger partial charge >= 0.3 is 0 Å². The summed E-state index contributed by atoms with van der Waals surface area (Å²) in [6.45, 7) is 4.21. The van der Waals surface area contributed by atoms with E-state index in [-0.39, 0.29) is 11.5 Å². The van der Waals surface area contributed by atoms with E-state index in [1.54, 1.807) is 0 Å². The fraction of sp³-hybridized carbons (Fsp3) is 1.00. The Bertz CT molecular complexity index is 251. The van der Waals surface area contributed by atoms with Gasteiger partial charge in [-0.25, -0.2) is 0 Å². The summed E-state index contributed by atoms with van der Waals surface area (Å²) in [6, 6.07) is 0. The van der Waals surface area contributed by atoms with Gasteiger partial charge < -0.3 is 9.84 Å². The van der Waals surface area contributed by atoms with Crippen molar-refractivity contribution in [1.29, 1.82) is 0 Å². The first kappa shape index (κ1) is 12.0. The normalized spacial score (nSPS) is 47.1. The summed E-state index contributed by atoms with van der Waals surface area (Å²) in [6.07, 6.45) is 8.39. The van der Waals surface area contributed by atoms with Gasteiger partial charge in [-0.1, -0.05) is 13.8 Å². The lowest BCUT2D eigenvalue weighted by Gasteiger charge is -2.56. The summed E-state index contributed by atoms with van der Waals surface area (Å²) in [5.74, 6) is 2.95. The van der Waals surface area contributed by atoms with Crippen molar-refractivity contribution in [3.05, 3.63) is 0 Å². The number of rotatable bonds is 4. The Hall–Kier alpha value is -0.0800. The Morgan fingerprint density at radius 1 is 1.12 bits per heavy atom. The molecule has 0 saturated heterocycles. The summed E-state index contributed by atoms with van der Waals surface area (Å²) >= 11 is 0. The van der Waals surface area contributed by atoms with Gasteiger partial charge in [0.2, 0.25) is 0 Å². The smallest absolute Gasteiger partial charge is 0.157 e. The molecule has 2 unspecified atom stereocenters. The minimum atomic E-state index is -0.545. The molecule has 0 aromatic carbocycles. The molecule has 4 saturated carbocycles. The first-order valence-corrected chi connectivity index (χ1v) is 7.46. The van der Waals surface area contributed by atoms with Crippen LogP contribution in [-0.2, 0) is 4.74 Å². The van der Waals surface area contributed by atoms with E-state index in [0.717, 1.165) is 24.2 Å². The van der Waals surface area contributed by atoms with Gasteiger partial charge in [0, 0.05) is 5.92 Å². The molecular weight excluding hydrogens is 212 g/mol. The monoisotopic (exact) mass is 238 g/mol. The lowest BCUT2D eigenvalue weighted by Crippen LogP contribution is -2.53. The Labute approximate surface area is 105 Å². The molecule has 4 bridgehead atoms. The summed E-state index contributed by atoms with van der Waals surface area (Å²) < 4.78 is 6.16. The predicted molar refractivity (Wildman–Crippen MR) is 67.4 cm³/mol. The van der Waals surface area contributed by atoms with Crippen molar-refractivity contribution in [2.24, 2.45) is 23.7 Å². The van der Waals surface area contributed by atoms with Gasteiger partial charge in [0.25, 0.3) is 0 Å². The lowest BCUT2D eigenvalue weighted by atomic mass is 9.54. The van der Waals surface area contributed by atoms with Crippen molar-refractivity contribution in [1.82, 2.24) is 0 Å². The van der Waals surface area contributed by atoms with Crippen LogP contribution in [0.4, 0.5) is 0 Å². The van der Waals surface area contributed by atoms with E-state index in [1.165, 1.54) is 38.5 Å². The molecule has 4 rings (SSSR count). The van der Waals surface area contributed by atoms with Crippen LogP contribution in [0.1, 0.15) is 58.8 Å². The van der Waals surface area contributed by atoms with Crippen LogP contribution in [0, 0.1) is 23.7 Å². The molecule has 17 heavy (non-hydrogen) atoms. The average molecular weight is 238 g/mol. The van der Waals surface area contributed by atoms with Crippen molar-refractivity contribution in [2.75, 3.05) is 0 Å². The third kappa shape index (κ3) is 2.15. The molecule has 2 nitrogen and oxygen atoms in total. The molecule has 0 aliphatic heterocycles. The molecule has 0 radical (unpaired) electrons. The molecule has 0 spiro atoms. The van der Waals surface area contributed by atoms with E-state index in [0.29, 0.717) is 0 Å². The fourth-order valence-electron chi connectivity index (χ4n) is 4.75. The number of hydrogen-bond acceptors (Lipinski definition) is 2. The van der Waals surface area contributed by atoms with Crippen LogP contribution in [-0.4, -0.2) is 17.0 Å². The van der Waals surface area contributed by atoms with E-state index >= 15 is 0 Å². The number of aliphatic hydroxyl groups excluding tert-OH is 1. The maximum absolute atomic E-state index is 10.2. The standard InChI is InChI=1S/C15H26O2/c1-3-10(2)14(16)17-15-7-11-4-12(8-15)6-13(5-11)9-15/h10-14,16H,3-9H2,1-2H3. The van der Waals surface area contributed by atoms with Crippen LogP contribution in [0.5, 0.6) is 0 Å². The van der Waals surface area contributed by atoms with Crippen LogP contribution >= 0.6 is 0 Å². The number of aliphatic hydroxyl groups is 1. The first-order valence-electron chi connectivity index (χ1n) is 7.46. The summed E-state index contributed by atoms with van der Waals surface area (Å²) in [5, 5.41) is 10.2. The molecule has 2 atom stereocenters. The molecule has 0 heterocycles. The molecule has 2 heteroatoms.